The Morgan fingerprint density at radius 2 is 1.87 bits per heavy atom. The smallest absolute Gasteiger partial charge is 0.258 e. The molecule has 0 aliphatic heterocycles. The molecule has 1 aromatic carbocycles. The number of benzene rings is 1. The number of nitro benzene ring substituents is 2. The van der Waals surface area contributed by atoms with E-state index >= 15 is 0 Å². The quantitative estimate of drug-likeness (QED) is 0.590. The zero-order chi connectivity index (χ0) is 11.6. The van der Waals surface area contributed by atoms with Crippen molar-refractivity contribution in [1.29, 1.82) is 0 Å². The van der Waals surface area contributed by atoms with E-state index in [0.29, 0.717) is 12.0 Å². The second kappa shape index (κ2) is 4.22. The fourth-order valence-corrected chi connectivity index (χ4v) is 1.46. The lowest BCUT2D eigenvalue weighted by Crippen LogP contribution is -1.96. The third kappa shape index (κ3) is 2.21. The van der Waals surface area contributed by atoms with Gasteiger partial charge in [-0.25, -0.2) is 0 Å². The molecule has 7 heteroatoms. The molecule has 0 aliphatic rings. The van der Waals surface area contributed by atoms with Crippen LogP contribution in [-0.4, -0.2) is 9.85 Å². The first kappa shape index (κ1) is 11.4. The van der Waals surface area contributed by atoms with Gasteiger partial charge < -0.3 is 0 Å². The second-order valence-electron chi connectivity index (χ2n) is 2.81. The Morgan fingerprint density at radius 1 is 1.27 bits per heavy atom. The second-order valence-corrected chi connectivity index (χ2v) is 3.18. The number of halogens is 1. The van der Waals surface area contributed by atoms with E-state index in [9.17, 15) is 20.2 Å². The van der Waals surface area contributed by atoms with Crippen LogP contribution in [0.15, 0.2) is 12.1 Å². The first-order valence-corrected chi connectivity index (χ1v) is 4.46. The van der Waals surface area contributed by atoms with Gasteiger partial charge >= 0.3 is 0 Å². The third-order valence-corrected chi connectivity index (χ3v) is 2.34. The maximum atomic E-state index is 10.6. The number of nitrogens with zero attached hydrogens (tertiary/aromatic N) is 2. The van der Waals surface area contributed by atoms with Crippen LogP contribution in [0.25, 0.3) is 0 Å². The SMILES string of the molecule is CCc1cc([N+](=O)[O-])cc([N+](=O)[O-])c1Cl. The van der Waals surface area contributed by atoms with Crippen molar-refractivity contribution in [3.05, 3.63) is 42.9 Å². The summed E-state index contributed by atoms with van der Waals surface area (Å²) in [6, 6.07) is 2.11. The molecule has 0 heterocycles. The van der Waals surface area contributed by atoms with Crippen LogP contribution in [0.3, 0.4) is 0 Å². The number of non-ortho nitro benzene ring substituents is 1. The molecular formula is C8H7ClN2O4. The predicted molar refractivity (Wildman–Crippen MR) is 54.1 cm³/mol. The number of rotatable bonds is 3. The average molecular weight is 231 g/mol. The van der Waals surface area contributed by atoms with Crippen molar-refractivity contribution < 1.29 is 9.85 Å². The van der Waals surface area contributed by atoms with Gasteiger partial charge in [0.1, 0.15) is 5.02 Å². The molecule has 6 nitrogen and oxygen atoms in total. The van der Waals surface area contributed by atoms with E-state index in [1.165, 1.54) is 6.07 Å². The van der Waals surface area contributed by atoms with Crippen molar-refractivity contribution in [3.63, 3.8) is 0 Å². The van der Waals surface area contributed by atoms with Crippen molar-refractivity contribution in [3.8, 4) is 0 Å². The summed E-state index contributed by atoms with van der Waals surface area (Å²) in [5.41, 5.74) is -0.344. The Hall–Kier alpha value is -1.69. The standard InChI is InChI=1S/C8H7ClN2O4/c1-2-5-3-6(10(12)13)4-7(8(5)9)11(14)15/h3-4H,2H2,1H3. The van der Waals surface area contributed by atoms with Crippen LogP contribution in [0.2, 0.25) is 5.02 Å². The first-order valence-electron chi connectivity index (χ1n) is 4.08. The highest BCUT2D eigenvalue weighted by atomic mass is 35.5. The van der Waals surface area contributed by atoms with Crippen LogP contribution in [0.5, 0.6) is 0 Å². The summed E-state index contributed by atoms with van der Waals surface area (Å²) >= 11 is 5.72. The Balaban J connectivity index is 3.45. The minimum absolute atomic E-state index is 0.0342. The molecule has 0 saturated carbocycles. The molecule has 0 aromatic heterocycles. The minimum atomic E-state index is -0.728. The van der Waals surface area contributed by atoms with Gasteiger partial charge in [0.2, 0.25) is 0 Å². The molecule has 0 aliphatic carbocycles. The number of nitro groups is 2. The summed E-state index contributed by atoms with van der Waals surface area (Å²) in [4.78, 5) is 19.7. The van der Waals surface area contributed by atoms with E-state index in [2.05, 4.69) is 0 Å². The molecule has 0 amide bonds. The molecule has 0 N–H and O–H groups in total. The normalized spacial score (nSPS) is 10.0. The number of aryl methyl sites for hydroxylation is 1. The molecule has 0 atom stereocenters. The topological polar surface area (TPSA) is 86.3 Å². The Labute approximate surface area is 89.8 Å². The molecule has 0 radical (unpaired) electrons. The minimum Gasteiger partial charge on any atom is -0.258 e. The largest absolute Gasteiger partial charge is 0.295 e. The molecule has 80 valence electrons. The molecule has 0 saturated heterocycles. The summed E-state index contributed by atoms with van der Waals surface area (Å²) in [6.45, 7) is 1.72. The van der Waals surface area contributed by atoms with E-state index < -0.39 is 15.5 Å². The van der Waals surface area contributed by atoms with Gasteiger partial charge in [-0.05, 0) is 12.0 Å². The van der Waals surface area contributed by atoms with Crippen molar-refractivity contribution >= 4 is 23.0 Å². The molecule has 0 spiro atoms. The summed E-state index contributed by atoms with van der Waals surface area (Å²) in [7, 11) is 0. The Bertz CT molecular complexity index is 433. The van der Waals surface area contributed by atoms with E-state index in [4.69, 9.17) is 11.6 Å². The van der Waals surface area contributed by atoms with E-state index in [0.717, 1.165) is 6.07 Å². The van der Waals surface area contributed by atoms with Crippen molar-refractivity contribution in [2.24, 2.45) is 0 Å². The van der Waals surface area contributed by atoms with Crippen LogP contribution in [0.4, 0.5) is 11.4 Å². The summed E-state index contributed by atoms with van der Waals surface area (Å²) in [5.74, 6) is 0. The van der Waals surface area contributed by atoms with Gasteiger partial charge in [-0.1, -0.05) is 18.5 Å². The maximum Gasteiger partial charge on any atom is 0.295 e. The van der Waals surface area contributed by atoms with Crippen molar-refractivity contribution in [1.82, 2.24) is 0 Å². The lowest BCUT2D eigenvalue weighted by atomic mass is 10.1. The molecule has 1 aromatic rings. The molecular weight excluding hydrogens is 224 g/mol. The van der Waals surface area contributed by atoms with Gasteiger partial charge in [0.25, 0.3) is 11.4 Å². The van der Waals surface area contributed by atoms with E-state index in [1.54, 1.807) is 6.92 Å². The fraction of sp³-hybridized carbons (Fsp3) is 0.250. The van der Waals surface area contributed by atoms with Crippen LogP contribution < -0.4 is 0 Å². The summed E-state index contributed by atoms with van der Waals surface area (Å²) < 4.78 is 0. The monoisotopic (exact) mass is 230 g/mol. The maximum absolute atomic E-state index is 10.6. The predicted octanol–water partition coefficient (Wildman–Crippen LogP) is 2.72. The lowest BCUT2D eigenvalue weighted by Gasteiger charge is -2.01. The van der Waals surface area contributed by atoms with Gasteiger partial charge in [-0.15, -0.1) is 0 Å². The van der Waals surface area contributed by atoms with Crippen molar-refractivity contribution in [2.45, 2.75) is 13.3 Å². The first-order chi connectivity index (χ1) is 6.97. The van der Waals surface area contributed by atoms with Gasteiger partial charge in [0, 0.05) is 6.07 Å². The summed E-state index contributed by atoms with van der Waals surface area (Å²) in [6.07, 6.45) is 0.404. The molecule has 0 bridgehead atoms. The van der Waals surface area contributed by atoms with E-state index in [1.807, 2.05) is 0 Å². The van der Waals surface area contributed by atoms with E-state index in [-0.39, 0.29) is 10.7 Å². The average Bonchev–Trinajstić information content (AvgIpc) is 2.17. The molecule has 1 rings (SSSR count). The van der Waals surface area contributed by atoms with Crippen LogP contribution >= 0.6 is 11.6 Å². The third-order valence-electron chi connectivity index (χ3n) is 1.90. The highest BCUT2D eigenvalue weighted by molar-refractivity contribution is 6.33. The van der Waals surface area contributed by atoms with Crippen LogP contribution in [0, 0.1) is 20.2 Å². The number of hydrogen-bond acceptors (Lipinski definition) is 4. The highest BCUT2D eigenvalue weighted by Crippen LogP contribution is 2.32. The van der Waals surface area contributed by atoms with Crippen LogP contribution in [0.1, 0.15) is 12.5 Å². The van der Waals surface area contributed by atoms with Gasteiger partial charge in [0.05, 0.1) is 15.9 Å². The molecule has 0 fully saturated rings. The lowest BCUT2D eigenvalue weighted by molar-refractivity contribution is -0.394. The zero-order valence-corrected chi connectivity index (χ0v) is 8.52. The van der Waals surface area contributed by atoms with Gasteiger partial charge in [-0.2, -0.15) is 0 Å². The Kier molecular flexibility index (Phi) is 3.21. The number of hydrogen-bond donors (Lipinski definition) is 0. The van der Waals surface area contributed by atoms with Gasteiger partial charge in [0.15, 0.2) is 0 Å². The van der Waals surface area contributed by atoms with Crippen LogP contribution in [-0.2, 0) is 6.42 Å². The molecule has 0 unspecified atom stereocenters. The van der Waals surface area contributed by atoms with Gasteiger partial charge in [-0.3, -0.25) is 20.2 Å². The zero-order valence-electron chi connectivity index (χ0n) is 7.77. The summed E-state index contributed by atoms with van der Waals surface area (Å²) in [5, 5.41) is 21.0. The Morgan fingerprint density at radius 3 is 2.27 bits per heavy atom. The fourth-order valence-electron chi connectivity index (χ4n) is 1.15. The van der Waals surface area contributed by atoms with Crippen molar-refractivity contribution in [2.75, 3.05) is 0 Å². The molecule has 15 heavy (non-hydrogen) atoms. The highest BCUT2D eigenvalue weighted by Gasteiger charge is 2.21.